The lowest BCUT2D eigenvalue weighted by Gasteiger charge is -2.23. The lowest BCUT2D eigenvalue weighted by atomic mass is 10.2. The van der Waals surface area contributed by atoms with E-state index in [-0.39, 0.29) is 0 Å². The van der Waals surface area contributed by atoms with Gasteiger partial charge < -0.3 is 4.42 Å². The van der Waals surface area contributed by atoms with E-state index in [1.807, 2.05) is 46.4 Å². The fourth-order valence-electron chi connectivity index (χ4n) is 4.00. The molecule has 4 aromatic rings. The molecule has 5 rings (SSSR count). The molecule has 1 aliphatic heterocycles. The molecule has 0 saturated carbocycles. The number of rotatable bonds is 6. The molecule has 29 heavy (non-hydrogen) atoms. The Bertz CT molecular complexity index is 1110. The third-order valence-electron chi connectivity index (χ3n) is 5.40. The van der Waals surface area contributed by atoms with Gasteiger partial charge in [0.15, 0.2) is 16.4 Å². The normalized spacial score (nSPS) is 17.2. The van der Waals surface area contributed by atoms with Gasteiger partial charge in [-0.1, -0.05) is 36.4 Å². The molecule has 1 atom stereocenters. The van der Waals surface area contributed by atoms with E-state index in [2.05, 4.69) is 39.1 Å². The summed E-state index contributed by atoms with van der Waals surface area (Å²) in [4.78, 5) is 3.90. The minimum atomic E-state index is 0.447. The molecule has 0 radical (unpaired) electrons. The zero-order valence-corrected chi connectivity index (χ0v) is 17.6. The van der Waals surface area contributed by atoms with Gasteiger partial charge in [-0.3, -0.25) is 9.47 Å². The van der Waals surface area contributed by atoms with Crippen molar-refractivity contribution >= 4 is 23.6 Å². The summed E-state index contributed by atoms with van der Waals surface area (Å²) in [5.41, 5.74) is 1.19. The number of furan rings is 1. The molecule has 3 aromatic heterocycles. The molecular formula is C22H22N4OS2. The first-order valence-electron chi connectivity index (χ1n) is 9.82. The van der Waals surface area contributed by atoms with E-state index in [1.165, 1.54) is 23.3 Å². The van der Waals surface area contributed by atoms with Crippen molar-refractivity contribution in [1.82, 2.24) is 19.2 Å². The van der Waals surface area contributed by atoms with Crippen LogP contribution in [0, 0.1) is 4.77 Å². The van der Waals surface area contributed by atoms with Crippen molar-refractivity contribution in [1.29, 1.82) is 0 Å². The van der Waals surface area contributed by atoms with Gasteiger partial charge in [-0.05, 0) is 54.2 Å². The third-order valence-corrected chi connectivity index (χ3v) is 6.80. The van der Waals surface area contributed by atoms with E-state index >= 15 is 0 Å². The lowest BCUT2D eigenvalue weighted by Crippen LogP contribution is -2.26. The van der Waals surface area contributed by atoms with E-state index in [9.17, 15) is 0 Å². The molecule has 0 aliphatic carbocycles. The van der Waals surface area contributed by atoms with Gasteiger partial charge in [-0.15, -0.1) is 16.4 Å². The van der Waals surface area contributed by atoms with Crippen LogP contribution in [0.1, 0.15) is 29.3 Å². The van der Waals surface area contributed by atoms with Gasteiger partial charge in [0.05, 0.1) is 19.5 Å². The molecule has 7 heteroatoms. The summed E-state index contributed by atoms with van der Waals surface area (Å²) < 4.78 is 10.4. The van der Waals surface area contributed by atoms with E-state index in [4.69, 9.17) is 21.7 Å². The Kier molecular flexibility index (Phi) is 5.18. The average molecular weight is 423 g/mol. The Morgan fingerprint density at radius 2 is 2.00 bits per heavy atom. The zero-order chi connectivity index (χ0) is 19.6. The molecule has 1 saturated heterocycles. The smallest absolute Gasteiger partial charge is 0.199 e. The Morgan fingerprint density at radius 3 is 2.76 bits per heavy atom. The fraction of sp³-hybridized carbons (Fsp3) is 0.273. The van der Waals surface area contributed by atoms with Crippen LogP contribution in [0.25, 0.3) is 11.6 Å². The second-order valence-corrected chi connectivity index (χ2v) is 8.63. The standard InChI is InChI=1S/C22H22N4OS2/c28-22-25(15-17-7-2-1-3-8-17)21(19-10-5-13-27-19)23-26(22)16-24-12-4-9-18(24)20-11-6-14-29-20/h1-3,5-8,10-11,13-14,18H,4,9,12,15-16H2. The number of benzene rings is 1. The van der Waals surface area contributed by atoms with Gasteiger partial charge in [-0.25, -0.2) is 4.68 Å². The average Bonchev–Trinajstić information content (AvgIpc) is 3.53. The van der Waals surface area contributed by atoms with Crippen molar-refractivity contribution in [2.75, 3.05) is 6.54 Å². The Hall–Kier alpha value is -2.48. The summed E-state index contributed by atoms with van der Waals surface area (Å²) in [5.74, 6) is 1.51. The van der Waals surface area contributed by atoms with Gasteiger partial charge in [0.25, 0.3) is 0 Å². The minimum Gasteiger partial charge on any atom is -0.461 e. The quantitative estimate of drug-likeness (QED) is 0.380. The monoisotopic (exact) mass is 422 g/mol. The van der Waals surface area contributed by atoms with Crippen LogP contribution in [0.5, 0.6) is 0 Å². The lowest BCUT2D eigenvalue weighted by molar-refractivity contribution is 0.192. The van der Waals surface area contributed by atoms with E-state index in [1.54, 1.807) is 6.26 Å². The van der Waals surface area contributed by atoms with Crippen LogP contribution in [-0.2, 0) is 13.2 Å². The van der Waals surface area contributed by atoms with E-state index in [0.717, 1.165) is 22.9 Å². The number of likely N-dealkylation sites (tertiary alicyclic amines) is 1. The second-order valence-electron chi connectivity index (χ2n) is 7.28. The van der Waals surface area contributed by atoms with E-state index < -0.39 is 0 Å². The van der Waals surface area contributed by atoms with Crippen LogP contribution in [0.3, 0.4) is 0 Å². The largest absolute Gasteiger partial charge is 0.461 e. The van der Waals surface area contributed by atoms with Crippen molar-refractivity contribution in [2.45, 2.75) is 32.1 Å². The summed E-state index contributed by atoms with van der Waals surface area (Å²) >= 11 is 7.69. The maximum absolute atomic E-state index is 5.86. The Balaban J connectivity index is 1.49. The third kappa shape index (κ3) is 3.73. The van der Waals surface area contributed by atoms with Gasteiger partial charge in [0.1, 0.15) is 0 Å². The highest BCUT2D eigenvalue weighted by Crippen LogP contribution is 2.35. The molecule has 1 unspecified atom stereocenters. The number of hydrogen-bond acceptors (Lipinski definition) is 5. The Morgan fingerprint density at radius 1 is 1.10 bits per heavy atom. The van der Waals surface area contributed by atoms with E-state index in [0.29, 0.717) is 19.3 Å². The number of aromatic nitrogens is 3. The molecule has 0 bridgehead atoms. The molecular weight excluding hydrogens is 400 g/mol. The predicted molar refractivity (Wildman–Crippen MR) is 117 cm³/mol. The van der Waals surface area contributed by atoms with Crippen molar-refractivity contribution in [3.05, 3.63) is 81.5 Å². The van der Waals surface area contributed by atoms with Gasteiger partial charge in [0.2, 0.25) is 0 Å². The highest BCUT2D eigenvalue weighted by Gasteiger charge is 2.28. The van der Waals surface area contributed by atoms with Crippen LogP contribution in [-0.4, -0.2) is 25.8 Å². The number of hydrogen-bond donors (Lipinski definition) is 0. The van der Waals surface area contributed by atoms with Gasteiger partial charge >= 0.3 is 0 Å². The fourth-order valence-corrected chi connectivity index (χ4v) is 5.15. The minimum absolute atomic E-state index is 0.447. The molecule has 1 aliphatic rings. The maximum Gasteiger partial charge on any atom is 0.199 e. The maximum atomic E-state index is 5.86. The van der Waals surface area contributed by atoms with Crippen LogP contribution < -0.4 is 0 Å². The van der Waals surface area contributed by atoms with Crippen molar-refractivity contribution in [3.63, 3.8) is 0 Å². The van der Waals surface area contributed by atoms with Crippen molar-refractivity contribution in [3.8, 4) is 11.6 Å². The van der Waals surface area contributed by atoms with Crippen molar-refractivity contribution < 1.29 is 4.42 Å². The molecule has 4 heterocycles. The summed E-state index contributed by atoms with van der Waals surface area (Å²) in [7, 11) is 0. The molecule has 148 valence electrons. The predicted octanol–water partition coefficient (Wildman–Crippen LogP) is 5.58. The van der Waals surface area contributed by atoms with Gasteiger partial charge in [-0.2, -0.15) is 0 Å². The first-order chi connectivity index (χ1) is 14.3. The number of thiophene rings is 1. The first-order valence-corrected chi connectivity index (χ1v) is 11.1. The molecule has 5 nitrogen and oxygen atoms in total. The highest BCUT2D eigenvalue weighted by atomic mass is 32.1. The molecule has 1 fully saturated rings. The van der Waals surface area contributed by atoms with Crippen molar-refractivity contribution in [2.24, 2.45) is 0 Å². The second kappa shape index (κ2) is 8.10. The molecule has 1 aromatic carbocycles. The molecule has 0 N–H and O–H groups in total. The highest BCUT2D eigenvalue weighted by molar-refractivity contribution is 7.71. The first kappa shape index (κ1) is 18.5. The van der Waals surface area contributed by atoms with Crippen LogP contribution in [0.2, 0.25) is 0 Å². The topological polar surface area (TPSA) is 39.1 Å². The molecule has 0 amide bonds. The van der Waals surface area contributed by atoms with Gasteiger partial charge in [0, 0.05) is 17.5 Å². The van der Waals surface area contributed by atoms with Crippen LogP contribution in [0.15, 0.2) is 70.7 Å². The van der Waals surface area contributed by atoms with Crippen LogP contribution >= 0.6 is 23.6 Å². The summed E-state index contributed by atoms with van der Waals surface area (Å²) in [6.45, 7) is 2.42. The zero-order valence-electron chi connectivity index (χ0n) is 16.0. The number of nitrogens with zero attached hydrogens (tertiary/aromatic N) is 4. The summed E-state index contributed by atoms with van der Waals surface area (Å²) in [6, 6.07) is 19.0. The SMILES string of the molecule is S=c1n(CN2CCCC2c2cccs2)nc(-c2ccco2)n1Cc1ccccc1. The van der Waals surface area contributed by atoms with Crippen LogP contribution in [0.4, 0.5) is 0 Å². The Labute approximate surface area is 178 Å². The summed E-state index contributed by atoms with van der Waals surface area (Å²) in [5, 5.41) is 7.02. The molecule has 0 spiro atoms. The summed E-state index contributed by atoms with van der Waals surface area (Å²) in [6.07, 6.45) is 4.06.